The van der Waals surface area contributed by atoms with Crippen LogP contribution in [0.15, 0.2) is 41.4 Å². The van der Waals surface area contributed by atoms with Gasteiger partial charge in [-0.1, -0.05) is 115 Å². The lowest BCUT2D eigenvalue weighted by molar-refractivity contribution is -0.161. The maximum Gasteiger partial charge on any atom is 0.481 e. The van der Waals surface area contributed by atoms with Crippen LogP contribution in [0.25, 0.3) is 0 Å². The van der Waals surface area contributed by atoms with E-state index in [4.69, 9.17) is 29.0 Å². The van der Waals surface area contributed by atoms with E-state index in [1.165, 1.54) is 57.4 Å². The van der Waals surface area contributed by atoms with Gasteiger partial charge < -0.3 is 39.9 Å². The second kappa shape index (κ2) is 33.7. The fourth-order valence-corrected chi connectivity index (χ4v) is 8.94. The maximum absolute atomic E-state index is 12.8. The summed E-state index contributed by atoms with van der Waals surface area (Å²) in [6.07, 6.45) is 25.6. The van der Waals surface area contributed by atoms with E-state index in [0.717, 1.165) is 87.8 Å². The molecular weight excluding hydrogens is 872 g/mol. The number of aliphatic hydroxyl groups is 2. The molecule has 1 aromatic rings. The van der Waals surface area contributed by atoms with Crippen molar-refractivity contribution < 1.29 is 66.3 Å². The lowest BCUT2D eigenvalue weighted by atomic mass is 10.1. The molecule has 1 aliphatic heterocycles. The molecular formula is C44H77N3O15P2. The topological polar surface area (TPSA) is 265 Å². The second-order valence-corrected chi connectivity index (χ2v) is 19.3. The molecule has 64 heavy (non-hydrogen) atoms. The van der Waals surface area contributed by atoms with E-state index in [0.29, 0.717) is 12.8 Å². The summed E-state index contributed by atoms with van der Waals surface area (Å²) < 4.78 is 56.6. The zero-order valence-corrected chi connectivity index (χ0v) is 39.9. The minimum atomic E-state index is -5.42. The Hall–Kier alpha value is -2.76. The van der Waals surface area contributed by atoms with Crippen molar-refractivity contribution in [2.75, 3.05) is 25.6 Å². The third-order valence-electron chi connectivity index (χ3n) is 10.5. The molecule has 2 rings (SSSR count). The lowest BCUT2D eigenvalue weighted by Gasteiger charge is -2.21. The first-order valence-electron chi connectivity index (χ1n) is 23.3. The summed E-state index contributed by atoms with van der Waals surface area (Å²) in [6, 6.07) is 1.25. The Kier molecular flexibility index (Phi) is 30.2. The van der Waals surface area contributed by atoms with Gasteiger partial charge in [0, 0.05) is 19.0 Å². The number of phosphoric ester groups is 2. The van der Waals surface area contributed by atoms with E-state index in [-0.39, 0.29) is 18.7 Å². The zero-order valence-electron chi connectivity index (χ0n) is 38.1. The largest absolute Gasteiger partial charge is 0.481 e. The molecule has 0 saturated carbocycles. The van der Waals surface area contributed by atoms with E-state index in [1.807, 2.05) is 0 Å². The summed E-state index contributed by atoms with van der Waals surface area (Å²) in [4.78, 5) is 61.7. The summed E-state index contributed by atoms with van der Waals surface area (Å²) in [5.41, 5.74) is 4.58. The molecule has 18 nitrogen and oxygen atoms in total. The van der Waals surface area contributed by atoms with Crippen molar-refractivity contribution in [3.05, 3.63) is 47.1 Å². The normalized spacial score (nSPS) is 20.1. The molecule has 6 N–H and O–H groups in total. The number of hydrogen-bond donors (Lipinski definition) is 5. The fourth-order valence-electron chi connectivity index (χ4n) is 6.83. The number of ether oxygens (including phenoxy) is 3. The van der Waals surface area contributed by atoms with E-state index >= 15 is 0 Å². The Bertz CT molecular complexity index is 1660. The molecule has 0 aromatic carbocycles. The Balaban J connectivity index is 1.84. The van der Waals surface area contributed by atoms with E-state index in [2.05, 4.69) is 47.4 Å². The zero-order chi connectivity index (χ0) is 47.1. The number of carbonyl (C=O) groups excluding carboxylic acids is 2. The Morgan fingerprint density at radius 1 is 0.734 bits per heavy atom. The number of nitrogens with two attached hydrogens (primary N) is 1. The fraction of sp³-hybridized carbons (Fsp3) is 0.773. The quantitative estimate of drug-likeness (QED) is 0.0180. The van der Waals surface area contributed by atoms with Gasteiger partial charge in [0.2, 0.25) is 0 Å². The number of nitrogens with zero attached hydrogens (tertiary/aromatic N) is 2. The Labute approximate surface area is 379 Å². The van der Waals surface area contributed by atoms with Crippen molar-refractivity contribution in [3.63, 3.8) is 0 Å². The SMILES string of the molecule is CCCCCC/C=C\CCCCCCCC(=O)OC[C@H](COP(=O)(O)OP(=O)(O)OC[C@H]1O[C@@H](n2ccc(N)nc2=O)[C@H](O)[C@@H]1O)OC(=O)CCCCCCC/C=C/CCCCCC. The molecule has 7 atom stereocenters. The predicted molar refractivity (Wildman–Crippen MR) is 243 cm³/mol. The minimum Gasteiger partial charge on any atom is -0.462 e. The van der Waals surface area contributed by atoms with Crippen LogP contribution in [0.2, 0.25) is 0 Å². The number of aliphatic hydroxyl groups excluding tert-OH is 2. The molecule has 0 radical (unpaired) electrons. The second-order valence-electron chi connectivity index (χ2n) is 16.2. The predicted octanol–water partition coefficient (Wildman–Crippen LogP) is 8.66. The number of hydrogen-bond acceptors (Lipinski definition) is 15. The average Bonchev–Trinajstić information content (AvgIpc) is 3.52. The van der Waals surface area contributed by atoms with Crippen molar-refractivity contribution in [1.29, 1.82) is 0 Å². The highest BCUT2D eigenvalue weighted by molar-refractivity contribution is 7.61. The molecule has 0 bridgehead atoms. The molecule has 2 unspecified atom stereocenters. The molecule has 2 heterocycles. The molecule has 368 valence electrons. The van der Waals surface area contributed by atoms with Crippen molar-refractivity contribution in [2.45, 2.75) is 199 Å². The van der Waals surface area contributed by atoms with Gasteiger partial charge >= 0.3 is 33.3 Å². The van der Waals surface area contributed by atoms with Crippen LogP contribution >= 0.6 is 15.6 Å². The first kappa shape index (κ1) is 57.4. The van der Waals surface area contributed by atoms with Crippen LogP contribution in [0, 0.1) is 0 Å². The van der Waals surface area contributed by atoms with Crippen LogP contribution in [-0.2, 0) is 46.3 Å². The molecule has 0 spiro atoms. The highest BCUT2D eigenvalue weighted by Crippen LogP contribution is 2.60. The molecule has 1 fully saturated rings. The van der Waals surface area contributed by atoms with Gasteiger partial charge in [-0.15, -0.1) is 0 Å². The summed E-state index contributed by atoms with van der Waals surface area (Å²) >= 11 is 0. The van der Waals surface area contributed by atoms with Crippen LogP contribution in [0.1, 0.15) is 174 Å². The van der Waals surface area contributed by atoms with Crippen LogP contribution in [0.3, 0.4) is 0 Å². The number of allylic oxidation sites excluding steroid dienone is 4. The Morgan fingerprint density at radius 3 is 1.75 bits per heavy atom. The van der Waals surface area contributed by atoms with Gasteiger partial charge in [-0.2, -0.15) is 9.29 Å². The molecule has 1 aromatic heterocycles. The van der Waals surface area contributed by atoms with Crippen molar-refractivity contribution in [1.82, 2.24) is 9.55 Å². The smallest absolute Gasteiger partial charge is 0.462 e. The summed E-state index contributed by atoms with van der Waals surface area (Å²) in [6.45, 7) is 2.09. The van der Waals surface area contributed by atoms with Crippen LogP contribution in [0.5, 0.6) is 0 Å². The summed E-state index contributed by atoms with van der Waals surface area (Å²) in [5, 5.41) is 20.9. The standard InChI is InChI=1S/C44H77N3O15P2/c1-3-5-7-9-11-13-15-17-19-21-23-25-27-29-39(48)57-33-36(60-40(49)30-28-26-24-22-20-18-16-14-12-10-8-6-4-2)34-58-63(53,54)62-64(55,56)59-35-37-41(50)42(51)43(61-37)47-32-31-38(45)46-44(47)52/h13-16,31-32,36-37,41-43,50-51H,3-12,17-30,33-35H2,1-2H3,(H,53,54)(H,55,56)(H2,45,46,52)/b15-13-,16-14+/t36-,37-,41-,42-,43-/m1/s1. The van der Waals surface area contributed by atoms with Gasteiger partial charge in [-0.3, -0.25) is 23.2 Å². The minimum absolute atomic E-state index is 0.0396. The van der Waals surface area contributed by atoms with E-state index in [9.17, 15) is 43.5 Å². The summed E-state index contributed by atoms with van der Waals surface area (Å²) in [5.74, 6) is -1.31. The number of aromatic nitrogens is 2. The number of carbonyl (C=O) groups is 2. The first-order chi connectivity index (χ1) is 30.7. The monoisotopic (exact) mass is 949 g/mol. The van der Waals surface area contributed by atoms with Gasteiger partial charge in [0.25, 0.3) is 0 Å². The third kappa shape index (κ3) is 26.4. The number of phosphoric acid groups is 2. The summed E-state index contributed by atoms with van der Waals surface area (Å²) in [7, 11) is -10.8. The number of rotatable bonds is 38. The van der Waals surface area contributed by atoms with E-state index < -0.39 is 83.7 Å². The van der Waals surface area contributed by atoms with Crippen molar-refractivity contribution in [3.8, 4) is 0 Å². The van der Waals surface area contributed by atoms with Crippen molar-refractivity contribution in [2.24, 2.45) is 0 Å². The van der Waals surface area contributed by atoms with Gasteiger partial charge in [-0.05, 0) is 70.3 Å². The molecule has 1 saturated heterocycles. The number of nitrogen functional groups attached to an aromatic ring is 1. The maximum atomic E-state index is 12.8. The first-order valence-corrected chi connectivity index (χ1v) is 26.3. The third-order valence-corrected chi connectivity index (χ3v) is 13.1. The molecule has 1 aliphatic rings. The highest BCUT2D eigenvalue weighted by atomic mass is 31.3. The molecule has 0 aliphatic carbocycles. The van der Waals surface area contributed by atoms with E-state index in [1.54, 1.807) is 0 Å². The average molecular weight is 950 g/mol. The Morgan fingerprint density at radius 2 is 1.22 bits per heavy atom. The lowest BCUT2D eigenvalue weighted by Crippen LogP contribution is -2.36. The molecule has 0 amide bonds. The van der Waals surface area contributed by atoms with Gasteiger partial charge in [-0.25, -0.2) is 13.9 Å². The van der Waals surface area contributed by atoms with Crippen LogP contribution < -0.4 is 11.4 Å². The van der Waals surface area contributed by atoms with Gasteiger partial charge in [0.15, 0.2) is 12.3 Å². The van der Waals surface area contributed by atoms with Crippen molar-refractivity contribution >= 4 is 33.4 Å². The van der Waals surface area contributed by atoms with Crippen LogP contribution in [0.4, 0.5) is 5.82 Å². The highest BCUT2D eigenvalue weighted by Gasteiger charge is 2.46. The molecule has 20 heteroatoms. The van der Waals surface area contributed by atoms with Gasteiger partial charge in [0.05, 0.1) is 13.2 Å². The number of esters is 2. The van der Waals surface area contributed by atoms with Crippen LogP contribution in [-0.4, -0.2) is 85.7 Å². The number of unbranched alkanes of at least 4 members (excludes halogenated alkanes) is 18. The van der Waals surface area contributed by atoms with Gasteiger partial charge in [0.1, 0.15) is 30.7 Å². The number of anilines is 1.